The number of amides is 1. The van der Waals surface area contributed by atoms with Crippen LogP contribution in [0.15, 0.2) is 53.0 Å². The lowest BCUT2D eigenvalue weighted by molar-refractivity contribution is 0.0916. The third kappa shape index (κ3) is 3.60. The van der Waals surface area contributed by atoms with Crippen molar-refractivity contribution < 1.29 is 9.90 Å². The Morgan fingerprint density at radius 3 is 2.60 bits per heavy atom. The van der Waals surface area contributed by atoms with E-state index in [2.05, 4.69) is 21.2 Å². The lowest BCUT2D eigenvalue weighted by Crippen LogP contribution is -2.31. The van der Waals surface area contributed by atoms with Crippen LogP contribution in [0.2, 0.25) is 5.02 Å². The molecule has 2 aromatic rings. The number of carbonyl (C=O) groups excluding carboxylic acids is 1. The SMILES string of the molecule is O=C(NC(CO)c1ccccc1)c1cc(Br)ccc1Cl. The van der Waals surface area contributed by atoms with Crippen LogP contribution in [0.5, 0.6) is 0 Å². The van der Waals surface area contributed by atoms with Crippen LogP contribution in [0.3, 0.4) is 0 Å². The molecule has 0 aliphatic carbocycles. The number of benzene rings is 2. The highest BCUT2D eigenvalue weighted by atomic mass is 79.9. The van der Waals surface area contributed by atoms with Crippen LogP contribution in [0.25, 0.3) is 0 Å². The van der Waals surface area contributed by atoms with Crippen LogP contribution in [-0.4, -0.2) is 17.6 Å². The largest absolute Gasteiger partial charge is 0.394 e. The number of hydrogen-bond acceptors (Lipinski definition) is 2. The quantitative estimate of drug-likeness (QED) is 0.882. The summed E-state index contributed by atoms with van der Waals surface area (Å²) in [7, 11) is 0. The van der Waals surface area contributed by atoms with Gasteiger partial charge in [-0.25, -0.2) is 0 Å². The molecular formula is C15H13BrClNO2. The van der Waals surface area contributed by atoms with Crippen LogP contribution < -0.4 is 5.32 Å². The van der Waals surface area contributed by atoms with Crippen LogP contribution >= 0.6 is 27.5 Å². The highest BCUT2D eigenvalue weighted by Gasteiger charge is 2.17. The van der Waals surface area contributed by atoms with E-state index in [4.69, 9.17) is 11.6 Å². The van der Waals surface area contributed by atoms with Gasteiger partial charge in [-0.1, -0.05) is 57.9 Å². The maximum atomic E-state index is 12.2. The highest BCUT2D eigenvalue weighted by Crippen LogP contribution is 2.22. The van der Waals surface area contributed by atoms with Crippen molar-refractivity contribution in [3.63, 3.8) is 0 Å². The third-order valence-electron chi connectivity index (χ3n) is 2.86. The first-order valence-corrected chi connectivity index (χ1v) is 7.20. The average Bonchev–Trinajstić information content (AvgIpc) is 2.48. The lowest BCUT2D eigenvalue weighted by Gasteiger charge is -2.17. The Morgan fingerprint density at radius 1 is 1.25 bits per heavy atom. The molecule has 2 rings (SSSR count). The molecule has 0 aromatic heterocycles. The fourth-order valence-electron chi connectivity index (χ4n) is 1.83. The maximum absolute atomic E-state index is 12.2. The first-order valence-electron chi connectivity index (χ1n) is 6.03. The smallest absolute Gasteiger partial charge is 0.253 e. The van der Waals surface area contributed by atoms with Crippen molar-refractivity contribution >= 4 is 33.4 Å². The second-order valence-electron chi connectivity index (χ2n) is 4.24. The van der Waals surface area contributed by atoms with Crippen LogP contribution in [0.4, 0.5) is 0 Å². The minimum atomic E-state index is -0.459. The monoisotopic (exact) mass is 353 g/mol. The van der Waals surface area contributed by atoms with Gasteiger partial charge in [0, 0.05) is 4.47 Å². The van der Waals surface area contributed by atoms with Gasteiger partial charge in [-0.3, -0.25) is 4.79 Å². The molecule has 0 heterocycles. The molecule has 1 atom stereocenters. The number of carbonyl (C=O) groups is 1. The fraction of sp³-hybridized carbons (Fsp3) is 0.133. The predicted octanol–water partition coefficient (Wildman–Crippen LogP) is 3.57. The number of hydrogen-bond donors (Lipinski definition) is 2. The summed E-state index contributed by atoms with van der Waals surface area (Å²) in [5, 5.41) is 12.6. The zero-order valence-corrected chi connectivity index (χ0v) is 12.9. The molecule has 0 aliphatic heterocycles. The zero-order valence-electron chi connectivity index (χ0n) is 10.5. The molecule has 0 aliphatic rings. The molecule has 5 heteroatoms. The van der Waals surface area contributed by atoms with E-state index >= 15 is 0 Å². The molecule has 3 nitrogen and oxygen atoms in total. The van der Waals surface area contributed by atoms with E-state index in [9.17, 15) is 9.90 Å². The number of aliphatic hydroxyl groups is 1. The molecule has 1 amide bonds. The van der Waals surface area contributed by atoms with Crippen molar-refractivity contribution in [3.8, 4) is 0 Å². The van der Waals surface area contributed by atoms with Gasteiger partial charge in [-0.15, -0.1) is 0 Å². The van der Waals surface area contributed by atoms with Gasteiger partial charge in [0.15, 0.2) is 0 Å². The van der Waals surface area contributed by atoms with E-state index in [0.29, 0.717) is 10.6 Å². The van der Waals surface area contributed by atoms with Crippen molar-refractivity contribution in [1.29, 1.82) is 0 Å². The summed E-state index contributed by atoms with van der Waals surface area (Å²) in [4.78, 5) is 12.2. The van der Waals surface area contributed by atoms with Crippen molar-refractivity contribution in [2.45, 2.75) is 6.04 Å². The molecule has 2 aromatic carbocycles. The minimum absolute atomic E-state index is 0.179. The predicted molar refractivity (Wildman–Crippen MR) is 82.9 cm³/mol. The second-order valence-corrected chi connectivity index (χ2v) is 5.57. The van der Waals surface area contributed by atoms with Gasteiger partial charge in [-0.2, -0.15) is 0 Å². The van der Waals surface area contributed by atoms with Gasteiger partial charge < -0.3 is 10.4 Å². The van der Waals surface area contributed by atoms with Crippen molar-refractivity contribution in [3.05, 3.63) is 69.2 Å². The number of aliphatic hydroxyl groups excluding tert-OH is 1. The van der Waals surface area contributed by atoms with E-state index in [1.165, 1.54) is 0 Å². The first kappa shape index (κ1) is 15.0. The van der Waals surface area contributed by atoms with Crippen molar-refractivity contribution in [2.75, 3.05) is 6.61 Å². The van der Waals surface area contributed by atoms with Crippen LogP contribution in [-0.2, 0) is 0 Å². The summed E-state index contributed by atoms with van der Waals surface area (Å²) in [6.45, 7) is -0.179. The van der Waals surface area contributed by atoms with Gasteiger partial charge in [0.25, 0.3) is 5.91 Å². The summed E-state index contributed by atoms with van der Waals surface area (Å²) in [6.07, 6.45) is 0. The van der Waals surface area contributed by atoms with E-state index in [-0.39, 0.29) is 12.5 Å². The molecule has 0 saturated heterocycles. The Labute approximate surface area is 130 Å². The Bertz CT molecular complexity index is 604. The van der Waals surface area contributed by atoms with Gasteiger partial charge in [0.1, 0.15) is 0 Å². The van der Waals surface area contributed by atoms with E-state index in [1.807, 2.05) is 30.3 Å². The highest BCUT2D eigenvalue weighted by molar-refractivity contribution is 9.10. The van der Waals surface area contributed by atoms with Crippen LogP contribution in [0.1, 0.15) is 22.0 Å². The van der Waals surface area contributed by atoms with E-state index in [0.717, 1.165) is 10.0 Å². The number of nitrogens with one attached hydrogen (secondary N) is 1. The third-order valence-corrected chi connectivity index (χ3v) is 3.69. The molecule has 0 fully saturated rings. The molecule has 2 N–H and O–H groups in total. The number of halogens is 2. The first-order chi connectivity index (χ1) is 9.61. The number of rotatable bonds is 4. The molecule has 104 valence electrons. The zero-order chi connectivity index (χ0) is 14.5. The molecule has 20 heavy (non-hydrogen) atoms. The molecule has 0 radical (unpaired) electrons. The topological polar surface area (TPSA) is 49.3 Å². The van der Waals surface area contributed by atoms with Gasteiger partial charge in [-0.05, 0) is 23.8 Å². The van der Waals surface area contributed by atoms with E-state index < -0.39 is 6.04 Å². The minimum Gasteiger partial charge on any atom is -0.394 e. The summed E-state index contributed by atoms with van der Waals surface area (Å²) < 4.78 is 0.771. The molecule has 0 saturated carbocycles. The standard InChI is InChI=1S/C15H13BrClNO2/c16-11-6-7-13(17)12(8-11)15(20)18-14(9-19)10-4-2-1-3-5-10/h1-8,14,19H,9H2,(H,18,20). The molecular weight excluding hydrogens is 342 g/mol. The van der Waals surface area contributed by atoms with Crippen molar-refractivity contribution in [2.24, 2.45) is 0 Å². The summed E-state index contributed by atoms with van der Waals surface area (Å²) in [6, 6.07) is 13.9. The lowest BCUT2D eigenvalue weighted by atomic mass is 10.1. The normalized spacial score (nSPS) is 11.9. The van der Waals surface area contributed by atoms with Gasteiger partial charge in [0.2, 0.25) is 0 Å². The van der Waals surface area contributed by atoms with Crippen LogP contribution in [0, 0.1) is 0 Å². The summed E-state index contributed by atoms with van der Waals surface area (Å²) >= 11 is 9.32. The Kier molecular flexibility index (Phi) is 5.17. The maximum Gasteiger partial charge on any atom is 0.253 e. The van der Waals surface area contributed by atoms with Crippen molar-refractivity contribution in [1.82, 2.24) is 5.32 Å². The van der Waals surface area contributed by atoms with E-state index in [1.54, 1.807) is 18.2 Å². The van der Waals surface area contributed by atoms with Gasteiger partial charge in [0.05, 0.1) is 23.2 Å². The molecule has 0 bridgehead atoms. The second kappa shape index (κ2) is 6.88. The molecule has 1 unspecified atom stereocenters. The van der Waals surface area contributed by atoms with Gasteiger partial charge >= 0.3 is 0 Å². The average molecular weight is 355 g/mol. The fourth-order valence-corrected chi connectivity index (χ4v) is 2.39. The molecule has 0 spiro atoms. The summed E-state index contributed by atoms with van der Waals surface area (Å²) in [5.41, 5.74) is 1.21. The Morgan fingerprint density at radius 2 is 1.95 bits per heavy atom. The Hall–Kier alpha value is -1.36. The summed E-state index contributed by atoms with van der Waals surface area (Å²) in [5.74, 6) is -0.320. The Balaban J connectivity index is 2.20.